The van der Waals surface area contributed by atoms with Gasteiger partial charge in [-0.1, -0.05) is 37.0 Å². The van der Waals surface area contributed by atoms with Crippen molar-refractivity contribution in [3.63, 3.8) is 0 Å². The summed E-state index contributed by atoms with van der Waals surface area (Å²) < 4.78 is 25.3. The minimum Gasteiger partial charge on any atom is -0.303 e. The van der Waals surface area contributed by atoms with E-state index in [1.54, 1.807) is 12.1 Å². The third kappa shape index (κ3) is 4.33. The third-order valence-corrected chi connectivity index (χ3v) is 9.24. The Labute approximate surface area is 160 Å². The third-order valence-electron chi connectivity index (χ3n) is 6.69. The standard InChI is InChI=1S/C22H35NO2S/c1-18-9-11-21(12-10-18)26(24,25)22(2,3)14-6-15-23-16-13-19-7-4-5-8-20(19)17-23/h9-12,19-20H,4-8,13-17H2,1-3H3. The van der Waals surface area contributed by atoms with Crippen molar-refractivity contribution >= 4 is 9.84 Å². The molecule has 0 N–H and O–H groups in total. The molecule has 2 atom stereocenters. The van der Waals surface area contributed by atoms with Gasteiger partial charge in [-0.2, -0.15) is 0 Å². The van der Waals surface area contributed by atoms with Crippen LogP contribution in [0.5, 0.6) is 0 Å². The number of hydrogen-bond donors (Lipinski definition) is 0. The normalized spacial score (nSPS) is 25.0. The summed E-state index contributed by atoms with van der Waals surface area (Å²) in [5.74, 6) is 1.85. The van der Waals surface area contributed by atoms with Gasteiger partial charge in [-0.3, -0.25) is 0 Å². The number of fused-ring (bicyclic) bond motifs is 1. The summed E-state index contributed by atoms with van der Waals surface area (Å²) in [5.41, 5.74) is 1.09. The van der Waals surface area contributed by atoms with Gasteiger partial charge in [0.05, 0.1) is 9.64 Å². The summed E-state index contributed by atoms with van der Waals surface area (Å²) in [6, 6.07) is 7.27. The Balaban J connectivity index is 1.54. The molecular weight excluding hydrogens is 342 g/mol. The molecule has 0 aromatic heterocycles. The van der Waals surface area contributed by atoms with Crippen molar-refractivity contribution in [2.45, 2.75) is 75.4 Å². The zero-order valence-corrected chi connectivity index (χ0v) is 17.5. The number of benzene rings is 1. The van der Waals surface area contributed by atoms with Gasteiger partial charge >= 0.3 is 0 Å². The van der Waals surface area contributed by atoms with Crippen molar-refractivity contribution in [1.82, 2.24) is 4.90 Å². The predicted molar refractivity (Wildman–Crippen MR) is 108 cm³/mol. The molecule has 0 bridgehead atoms. The maximum Gasteiger partial charge on any atom is 0.183 e. The molecule has 1 aliphatic heterocycles. The lowest BCUT2D eigenvalue weighted by Gasteiger charge is -2.41. The molecule has 3 nitrogen and oxygen atoms in total. The molecule has 0 radical (unpaired) electrons. The first-order valence-electron chi connectivity index (χ1n) is 10.3. The van der Waals surface area contributed by atoms with Gasteiger partial charge in [0.2, 0.25) is 0 Å². The summed E-state index contributed by atoms with van der Waals surface area (Å²) in [7, 11) is -3.30. The summed E-state index contributed by atoms with van der Waals surface area (Å²) in [6.07, 6.45) is 8.66. The molecule has 0 spiro atoms. The van der Waals surface area contributed by atoms with Crippen molar-refractivity contribution in [2.75, 3.05) is 19.6 Å². The van der Waals surface area contributed by atoms with Gasteiger partial charge in [0.1, 0.15) is 0 Å². The molecule has 2 unspecified atom stereocenters. The number of aryl methyl sites for hydroxylation is 1. The minimum absolute atomic E-state index is 0.455. The van der Waals surface area contributed by atoms with E-state index in [1.807, 2.05) is 32.9 Å². The van der Waals surface area contributed by atoms with Gasteiger partial charge in [-0.25, -0.2) is 8.42 Å². The van der Waals surface area contributed by atoms with Crippen molar-refractivity contribution in [2.24, 2.45) is 11.8 Å². The molecule has 146 valence electrons. The van der Waals surface area contributed by atoms with E-state index in [9.17, 15) is 8.42 Å². The van der Waals surface area contributed by atoms with Crippen LogP contribution in [0.1, 0.15) is 64.4 Å². The van der Waals surface area contributed by atoms with E-state index < -0.39 is 14.6 Å². The minimum atomic E-state index is -3.30. The van der Waals surface area contributed by atoms with Crippen LogP contribution < -0.4 is 0 Å². The smallest absolute Gasteiger partial charge is 0.183 e. The highest BCUT2D eigenvalue weighted by Crippen LogP contribution is 2.36. The van der Waals surface area contributed by atoms with Crippen molar-refractivity contribution in [3.8, 4) is 0 Å². The fourth-order valence-electron chi connectivity index (χ4n) is 4.78. The highest BCUT2D eigenvalue weighted by molar-refractivity contribution is 7.92. The first kappa shape index (κ1) is 19.9. The maximum absolute atomic E-state index is 13.0. The maximum atomic E-state index is 13.0. The van der Waals surface area contributed by atoms with Gasteiger partial charge in [-0.05, 0) is 83.5 Å². The number of nitrogens with zero attached hydrogens (tertiary/aromatic N) is 1. The molecule has 4 heteroatoms. The largest absolute Gasteiger partial charge is 0.303 e. The molecule has 0 amide bonds. The Morgan fingerprint density at radius 3 is 2.38 bits per heavy atom. The topological polar surface area (TPSA) is 37.4 Å². The van der Waals surface area contributed by atoms with Crippen LogP contribution in [0.3, 0.4) is 0 Å². The summed E-state index contributed by atoms with van der Waals surface area (Å²) >= 11 is 0. The van der Waals surface area contributed by atoms with E-state index in [0.717, 1.165) is 30.4 Å². The fraction of sp³-hybridized carbons (Fsp3) is 0.727. The summed E-state index contributed by atoms with van der Waals surface area (Å²) in [5, 5.41) is 0. The molecule has 1 heterocycles. The Morgan fingerprint density at radius 1 is 1.04 bits per heavy atom. The number of sulfone groups is 1. The van der Waals surface area contributed by atoms with Crippen LogP contribution in [0.4, 0.5) is 0 Å². The Morgan fingerprint density at radius 2 is 1.69 bits per heavy atom. The van der Waals surface area contributed by atoms with E-state index in [-0.39, 0.29) is 0 Å². The van der Waals surface area contributed by atoms with E-state index >= 15 is 0 Å². The van der Waals surface area contributed by atoms with Crippen LogP contribution in [0, 0.1) is 18.8 Å². The quantitative estimate of drug-likeness (QED) is 0.712. The lowest BCUT2D eigenvalue weighted by atomic mass is 9.75. The van der Waals surface area contributed by atoms with E-state index in [0.29, 0.717) is 11.3 Å². The average molecular weight is 378 g/mol. The molecule has 1 saturated carbocycles. The molecule has 26 heavy (non-hydrogen) atoms. The van der Waals surface area contributed by atoms with Crippen molar-refractivity contribution < 1.29 is 8.42 Å². The van der Waals surface area contributed by atoms with Crippen LogP contribution in [0.25, 0.3) is 0 Å². The Hall–Kier alpha value is -0.870. The second-order valence-electron chi connectivity index (χ2n) is 9.07. The first-order chi connectivity index (χ1) is 12.3. The van der Waals surface area contributed by atoms with E-state index in [2.05, 4.69) is 4.90 Å². The average Bonchev–Trinajstić information content (AvgIpc) is 2.61. The van der Waals surface area contributed by atoms with Gasteiger partial charge in [-0.15, -0.1) is 0 Å². The molecule has 1 saturated heterocycles. The number of hydrogen-bond acceptors (Lipinski definition) is 3. The van der Waals surface area contributed by atoms with E-state index in [1.165, 1.54) is 45.2 Å². The molecule has 2 fully saturated rings. The molecule has 1 aromatic rings. The zero-order chi connectivity index (χ0) is 18.8. The lowest BCUT2D eigenvalue weighted by molar-refractivity contribution is 0.0853. The number of piperidine rings is 1. The number of likely N-dealkylation sites (tertiary alicyclic amines) is 1. The second-order valence-corrected chi connectivity index (χ2v) is 11.7. The van der Waals surface area contributed by atoms with Gasteiger partial charge in [0.25, 0.3) is 0 Å². The predicted octanol–water partition coefficient (Wildman–Crippen LogP) is 4.84. The monoisotopic (exact) mass is 377 g/mol. The fourth-order valence-corrected chi connectivity index (χ4v) is 6.32. The van der Waals surface area contributed by atoms with Crippen molar-refractivity contribution in [3.05, 3.63) is 29.8 Å². The Kier molecular flexibility index (Phi) is 6.13. The molecular formula is C22H35NO2S. The van der Waals surface area contributed by atoms with Crippen molar-refractivity contribution in [1.29, 1.82) is 0 Å². The van der Waals surface area contributed by atoms with Gasteiger partial charge < -0.3 is 4.90 Å². The lowest BCUT2D eigenvalue weighted by Crippen LogP contribution is -2.42. The number of rotatable bonds is 6. The highest BCUT2D eigenvalue weighted by atomic mass is 32.2. The van der Waals surface area contributed by atoms with Crippen LogP contribution in [-0.2, 0) is 9.84 Å². The summed E-state index contributed by atoms with van der Waals surface area (Å²) in [4.78, 5) is 3.04. The molecule has 1 aromatic carbocycles. The molecule has 2 aliphatic rings. The molecule has 3 rings (SSSR count). The van der Waals surface area contributed by atoms with Gasteiger partial charge in [0.15, 0.2) is 9.84 Å². The second kappa shape index (κ2) is 8.02. The van der Waals surface area contributed by atoms with E-state index in [4.69, 9.17) is 0 Å². The van der Waals surface area contributed by atoms with Crippen LogP contribution >= 0.6 is 0 Å². The highest BCUT2D eigenvalue weighted by Gasteiger charge is 2.36. The Bertz CT molecular complexity index is 693. The SMILES string of the molecule is Cc1ccc(S(=O)(=O)C(C)(C)CCCN2CCC3CCCCC3C2)cc1. The molecule has 1 aliphatic carbocycles. The van der Waals surface area contributed by atoms with Crippen LogP contribution in [0.15, 0.2) is 29.2 Å². The first-order valence-corrected chi connectivity index (χ1v) is 11.8. The zero-order valence-electron chi connectivity index (χ0n) is 16.7. The summed E-state index contributed by atoms with van der Waals surface area (Å²) in [6.45, 7) is 9.22. The van der Waals surface area contributed by atoms with Crippen LogP contribution in [-0.4, -0.2) is 37.7 Å². The van der Waals surface area contributed by atoms with Gasteiger partial charge in [0, 0.05) is 6.54 Å². The van der Waals surface area contributed by atoms with Crippen LogP contribution in [0.2, 0.25) is 0 Å².